The number of anilines is 2. The number of hydrogen-bond donors (Lipinski definition) is 2. The minimum atomic E-state index is -3.70. The fraction of sp³-hybridized carbons (Fsp3) is 0.391. The summed E-state index contributed by atoms with van der Waals surface area (Å²) >= 11 is 1.42. The Labute approximate surface area is 193 Å². The lowest BCUT2D eigenvalue weighted by molar-refractivity contribution is -0.121. The molecule has 2 heterocycles. The van der Waals surface area contributed by atoms with Crippen LogP contribution in [0.25, 0.3) is 0 Å². The second kappa shape index (κ2) is 9.25. The number of benzene rings is 2. The van der Waals surface area contributed by atoms with Crippen LogP contribution in [0, 0.1) is 5.92 Å². The normalized spacial score (nSPS) is 19.8. The maximum Gasteiger partial charge on any atom is 0.243 e. The number of aryl methyl sites for hydroxylation is 1. The molecule has 170 valence electrons. The highest BCUT2D eigenvalue weighted by Gasteiger charge is 2.33. The maximum atomic E-state index is 13.2. The van der Waals surface area contributed by atoms with Crippen molar-refractivity contribution in [2.24, 2.45) is 5.92 Å². The van der Waals surface area contributed by atoms with Gasteiger partial charge in [-0.2, -0.15) is 4.31 Å². The molecule has 0 spiro atoms. The van der Waals surface area contributed by atoms with Gasteiger partial charge in [0.25, 0.3) is 0 Å². The number of nitrogens with zero attached hydrogens (tertiary/aromatic N) is 1. The molecule has 1 saturated heterocycles. The van der Waals surface area contributed by atoms with Gasteiger partial charge in [0.2, 0.25) is 21.8 Å². The van der Waals surface area contributed by atoms with Gasteiger partial charge >= 0.3 is 0 Å². The van der Waals surface area contributed by atoms with E-state index in [2.05, 4.69) is 17.6 Å². The second-order valence-corrected chi connectivity index (χ2v) is 11.4. The minimum absolute atomic E-state index is 0.0751. The first-order valence-electron chi connectivity index (χ1n) is 10.8. The largest absolute Gasteiger partial charge is 0.326 e. The van der Waals surface area contributed by atoms with E-state index in [4.69, 9.17) is 0 Å². The SMILES string of the molecule is CCc1ccc(NC(=O)C2CCN(S(=O)(=O)c3ccc4c(c3)NC(=O)[C@H](C)S4)CC2)cc1. The molecule has 2 aromatic rings. The van der Waals surface area contributed by atoms with E-state index in [0.29, 0.717) is 18.5 Å². The van der Waals surface area contributed by atoms with Gasteiger partial charge in [-0.05, 0) is 62.1 Å². The van der Waals surface area contributed by atoms with Crippen LogP contribution in [-0.4, -0.2) is 42.9 Å². The topological polar surface area (TPSA) is 95.6 Å². The Morgan fingerprint density at radius 3 is 2.50 bits per heavy atom. The summed E-state index contributed by atoms with van der Waals surface area (Å²) in [5.41, 5.74) is 2.49. The Bertz CT molecular complexity index is 1120. The quantitative estimate of drug-likeness (QED) is 0.690. The average Bonchev–Trinajstić information content (AvgIpc) is 2.80. The Morgan fingerprint density at radius 2 is 1.84 bits per heavy atom. The van der Waals surface area contributed by atoms with Crippen LogP contribution in [0.15, 0.2) is 52.3 Å². The molecule has 0 bridgehead atoms. The molecule has 1 fully saturated rings. The molecule has 2 aliphatic heterocycles. The van der Waals surface area contributed by atoms with E-state index in [-0.39, 0.29) is 41.0 Å². The van der Waals surface area contributed by atoms with E-state index < -0.39 is 10.0 Å². The standard InChI is InChI=1S/C23H27N3O4S2/c1-3-16-4-6-18(7-5-16)24-23(28)17-10-12-26(13-11-17)32(29,30)19-8-9-21-20(14-19)25-22(27)15(2)31-21/h4-9,14-15,17H,3,10-13H2,1-2H3,(H,24,28)(H,25,27)/t15-/m0/s1. The summed E-state index contributed by atoms with van der Waals surface area (Å²) in [6, 6.07) is 12.6. The van der Waals surface area contributed by atoms with E-state index in [1.807, 2.05) is 31.2 Å². The fourth-order valence-corrected chi connectivity index (χ4v) is 6.35. The molecule has 0 radical (unpaired) electrons. The summed E-state index contributed by atoms with van der Waals surface area (Å²) in [4.78, 5) is 25.6. The minimum Gasteiger partial charge on any atom is -0.326 e. The molecule has 0 aliphatic carbocycles. The van der Waals surface area contributed by atoms with Gasteiger partial charge in [0.1, 0.15) is 0 Å². The summed E-state index contributed by atoms with van der Waals surface area (Å²) in [6.07, 6.45) is 1.87. The zero-order valence-electron chi connectivity index (χ0n) is 18.1. The van der Waals surface area contributed by atoms with Crippen molar-refractivity contribution in [3.8, 4) is 0 Å². The predicted molar refractivity (Wildman–Crippen MR) is 126 cm³/mol. The van der Waals surface area contributed by atoms with Crippen LogP contribution < -0.4 is 10.6 Å². The number of rotatable bonds is 5. The third kappa shape index (κ3) is 4.69. The van der Waals surface area contributed by atoms with E-state index in [1.165, 1.54) is 27.7 Å². The first-order valence-corrected chi connectivity index (χ1v) is 13.1. The molecule has 4 rings (SSSR count). The van der Waals surface area contributed by atoms with Crippen molar-refractivity contribution in [1.29, 1.82) is 0 Å². The molecular formula is C23H27N3O4S2. The van der Waals surface area contributed by atoms with Gasteiger partial charge in [0, 0.05) is 29.6 Å². The molecule has 32 heavy (non-hydrogen) atoms. The van der Waals surface area contributed by atoms with E-state index in [0.717, 1.165) is 17.0 Å². The number of sulfonamides is 1. The van der Waals surface area contributed by atoms with E-state index >= 15 is 0 Å². The second-order valence-electron chi connectivity index (χ2n) is 8.13. The van der Waals surface area contributed by atoms with Crippen molar-refractivity contribution in [3.63, 3.8) is 0 Å². The van der Waals surface area contributed by atoms with Crippen LogP contribution in [0.3, 0.4) is 0 Å². The zero-order valence-corrected chi connectivity index (χ0v) is 19.8. The molecule has 2 aliphatic rings. The van der Waals surface area contributed by atoms with Gasteiger partial charge in [-0.25, -0.2) is 8.42 Å². The highest BCUT2D eigenvalue weighted by molar-refractivity contribution is 8.01. The molecule has 0 unspecified atom stereocenters. The number of hydrogen-bond acceptors (Lipinski definition) is 5. The van der Waals surface area contributed by atoms with Gasteiger partial charge < -0.3 is 10.6 Å². The first kappa shape index (κ1) is 22.8. The lowest BCUT2D eigenvalue weighted by Crippen LogP contribution is -2.41. The van der Waals surface area contributed by atoms with Gasteiger partial charge in [0.05, 0.1) is 15.8 Å². The Balaban J connectivity index is 1.39. The monoisotopic (exact) mass is 473 g/mol. The molecule has 1 atom stereocenters. The van der Waals surface area contributed by atoms with Crippen LogP contribution in [0.1, 0.15) is 32.3 Å². The third-order valence-electron chi connectivity index (χ3n) is 5.97. The van der Waals surface area contributed by atoms with Gasteiger partial charge in [-0.1, -0.05) is 19.1 Å². The van der Waals surface area contributed by atoms with Crippen LogP contribution >= 0.6 is 11.8 Å². The lowest BCUT2D eigenvalue weighted by Gasteiger charge is -2.31. The summed E-state index contributed by atoms with van der Waals surface area (Å²) in [7, 11) is -3.70. The van der Waals surface area contributed by atoms with Crippen molar-refractivity contribution in [1.82, 2.24) is 4.31 Å². The predicted octanol–water partition coefficient (Wildman–Crippen LogP) is 3.72. The molecule has 2 N–H and O–H groups in total. The number of carbonyl (C=O) groups excluding carboxylic acids is 2. The van der Waals surface area contributed by atoms with Gasteiger partial charge in [-0.3, -0.25) is 9.59 Å². The molecule has 2 aromatic carbocycles. The number of thioether (sulfide) groups is 1. The smallest absolute Gasteiger partial charge is 0.243 e. The highest BCUT2D eigenvalue weighted by Crippen LogP contribution is 2.37. The zero-order chi connectivity index (χ0) is 22.9. The summed E-state index contributed by atoms with van der Waals surface area (Å²) in [5.74, 6) is -0.435. The van der Waals surface area contributed by atoms with Gasteiger partial charge in [0.15, 0.2) is 0 Å². The van der Waals surface area contributed by atoms with E-state index in [9.17, 15) is 18.0 Å². The number of carbonyl (C=O) groups is 2. The number of fused-ring (bicyclic) bond motifs is 1. The molecule has 0 aromatic heterocycles. The van der Waals surface area contributed by atoms with Crippen molar-refractivity contribution in [3.05, 3.63) is 48.0 Å². The maximum absolute atomic E-state index is 13.2. The fourth-order valence-electron chi connectivity index (χ4n) is 3.92. The summed E-state index contributed by atoms with van der Waals surface area (Å²) in [6.45, 7) is 4.46. The van der Waals surface area contributed by atoms with Gasteiger partial charge in [-0.15, -0.1) is 11.8 Å². The Hall–Kier alpha value is -2.36. The first-order chi connectivity index (χ1) is 15.3. The summed E-state index contributed by atoms with van der Waals surface area (Å²) < 4.78 is 27.7. The van der Waals surface area contributed by atoms with Crippen molar-refractivity contribution in [2.45, 2.75) is 48.2 Å². The molecular weight excluding hydrogens is 446 g/mol. The lowest BCUT2D eigenvalue weighted by atomic mass is 9.97. The summed E-state index contributed by atoms with van der Waals surface area (Å²) in [5, 5.41) is 5.51. The van der Waals surface area contributed by atoms with Crippen LogP contribution in [0.5, 0.6) is 0 Å². The van der Waals surface area contributed by atoms with Crippen molar-refractivity contribution < 1.29 is 18.0 Å². The molecule has 2 amide bonds. The van der Waals surface area contributed by atoms with Crippen LogP contribution in [0.2, 0.25) is 0 Å². The average molecular weight is 474 g/mol. The van der Waals surface area contributed by atoms with Crippen molar-refractivity contribution >= 4 is 45.0 Å². The van der Waals surface area contributed by atoms with Crippen LogP contribution in [-0.2, 0) is 26.0 Å². The Kier molecular flexibility index (Phi) is 6.60. The Morgan fingerprint density at radius 1 is 1.16 bits per heavy atom. The molecule has 9 heteroatoms. The van der Waals surface area contributed by atoms with E-state index in [1.54, 1.807) is 12.1 Å². The number of piperidine rings is 1. The number of amides is 2. The van der Waals surface area contributed by atoms with Crippen LogP contribution in [0.4, 0.5) is 11.4 Å². The van der Waals surface area contributed by atoms with Crippen molar-refractivity contribution in [2.75, 3.05) is 23.7 Å². The highest BCUT2D eigenvalue weighted by atomic mass is 32.2. The number of nitrogens with one attached hydrogen (secondary N) is 2. The molecule has 7 nitrogen and oxygen atoms in total. The third-order valence-corrected chi connectivity index (χ3v) is 9.05. The molecule has 0 saturated carbocycles.